The van der Waals surface area contributed by atoms with Crippen LogP contribution in [0, 0.1) is 0 Å². The van der Waals surface area contributed by atoms with Gasteiger partial charge in [-0.3, -0.25) is 9.59 Å². The third-order valence-electron chi connectivity index (χ3n) is 3.90. The van der Waals surface area contributed by atoms with Crippen molar-refractivity contribution in [1.29, 1.82) is 0 Å². The van der Waals surface area contributed by atoms with Gasteiger partial charge in [0.1, 0.15) is 5.76 Å². The Morgan fingerprint density at radius 1 is 1.27 bits per heavy atom. The molecule has 0 N–H and O–H groups in total. The van der Waals surface area contributed by atoms with E-state index in [1.807, 2.05) is 18.2 Å². The van der Waals surface area contributed by atoms with Crippen LogP contribution in [0.2, 0.25) is 0 Å². The molecule has 1 fully saturated rings. The van der Waals surface area contributed by atoms with Gasteiger partial charge in [0.15, 0.2) is 5.78 Å². The van der Waals surface area contributed by atoms with E-state index in [2.05, 4.69) is 15.9 Å². The topological polar surface area (TPSA) is 50.5 Å². The van der Waals surface area contributed by atoms with Crippen molar-refractivity contribution in [3.63, 3.8) is 0 Å². The average Bonchev–Trinajstić information content (AvgIpc) is 3.17. The van der Waals surface area contributed by atoms with Crippen molar-refractivity contribution in [2.75, 3.05) is 6.54 Å². The monoisotopic (exact) mass is 361 g/mol. The predicted molar refractivity (Wildman–Crippen MR) is 85.5 cm³/mol. The van der Waals surface area contributed by atoms with Crippen LogP contribution in [-0.2, 0) is 4.79 Å². The van der Waals surface area contributed by atoms with Gasteiger partial charge in [0.25, 0.3) is 0 Å². The third kappa shape index (κ3) is 3.14. The summed E-state index contributed by atoms with van der Waals surface area (Å²) in [4.78, 5) is 26.3. The summed E-state index contributed by atoms with van der Waals surface area (Å²) in [5, 5.41) is 0. The molecule has 2 heterocycles. The molecule has 1 unspecified atom stereocenters. The Morgan fingerprint density at radius 2 is 2.05 bits per heavy atom. The van der Waals surface area contributed by atoms with Crippen LogP contribution >= 0.6 is 15.9 Å². The maximum atomic E-state index is 12.5. The van der Waals surface area contributed by atoms with Crippen molar-refractivity contribution >= 4 is 27.6 Å². The molecule has 4 nitrogen and oxygen atoms in total. The molecule has 1 amide bonds. The molecule has 0 aliphatic carbocycles. The van der Waals surface area contributed by atoms with Crippen LogP contribution < -0.4 is 0 Å². The zero-order valence-electron chi connectivity index (χ0n) is 12.0. The maximum absolute atomic E-state index is 12.5. The van der Waals surface area contributed by atoms with Crippen LogP contribution in [0.3, 0.4) is 0 Å². The highest BCUT2D eigenvalue weighted by Gasteiger charge is 2.32. The summed E-state index contributed by atoms with van der Waals surface area (Å²) in [6.07, 6.45) is 3.19. The lowest BCUT2D eigenvalue weighted by atomic mass is 10.0. The number of nitrogens with zero attached hydrogens (tertiary/aromatic N) is 1. The van der Waals surface area contributed by atoms with E-state index < -0.39 is 0 Å². The van der Waals surface area contributed by atoms with Crippen molar-refractivity contribution in [2.45, 2.75) is 25.3 Å². The number of benzene rings is 1. The molecular weight excluding hydrogens is 346 g/mol. The first kappa shape index (κ1) is 15.0. The Bertz CT molecular complexity index is 664. The number of carbonyl (C=O) groups excluding carboxylic acids is 2. The number of ketones is 1. The second kappa shape index (κ2) is 6.48. The van der Waals surface area contributed by atoms with Gasteiger partial charge in [0.2, 0.25) is 5.91 Å². The Balaban J connectivity index is 1.82. The average molecular weight is 362 g/mol. The standard InChI is InChI=1S/C17H16BrNO3/c18-13-7-5-12(6-8-13)15(20)11-14(16-3-2-10-22-16)19-9-1-4-17(19)21/h2-3,5-8,10,14H,1,4,9,11H2. The fourth-order valence-corrected chi connectivity index (χ4v) is 3.04. The van der Waals surface area contributed by atoms with Crippen LogP contribution in [0.4, 0.5) is 0 Å². The molecule has 0 saturated carbocycles. The van der Waals surface area contributed by atoms with Gasteiger partial charge in [-0.05, 0) is 30.7 Å². The summed E-state index contributed by atoms with van der Waals surface area (Å²) >= 11 is 3.36. The summed E-state index contributed by atoms with van der Waals surface area (Å²) in [6, 6.07) is 10.6. The summed E-state index contributed by atoms with van der Waals surface area (Å²) in [6.45, 7) is 0.678. The van der Waals surface area contributed by atoms with Crippen LogP contribution in [0.1, 0.15) is 41.4 Å². The Kier molecular flexibility index (Phi) is 4.43. The van der Waals surface area contributed by atoms with Gasteiger partial charge in [0.05, 0.1) is 12.3 Å². The molecule has 0 bridgehead atoms. The molecular formula is C17H16BrNO3. The lowest BCUT2D eigenvalue weighted by molar-refractivity contribution is -0.130. The van der Waals surface area contributed by atoms with Gasteiger partial charge in [-0.25, -0.2) is 0 Å². The van der Waals surface area contributed by atoms with Crippen LogP contribution in [0.25, 0.3) is 0 Å². The fraction of sp³-hybridized carbons (Fsp3) is 0.294. The van der Waals surface area contributed by atoms with Gasteiger partial charge in [-0.2, -0.15) is 0 Å². The van der Waals surface area contributed by atoms with Crippen molar-refractivity contribution < 1.29 is 14.0 Å². The Morgan fingerprint density at radius 3 is 2.64 bits per heavy atom. The van der Waals surface area contributed by atoms with Crippen molar-refractivity contribution in [2.24, 2.45) is 0 Å². The molecule has 0 radical (unpaired) electrons. The second-order valence-electron chi connectivity index (χ2n) is 5.36. The summed E-state index contributed by atoms with van der Waals surface area (Å²) < 4.78 is 6.39. The fourth-order valence-electron chi connectivity index (χ4n) is 2.77. The molecule has 1 saturated heterocycles. The van der Waals surface area contributed by atoms with E-state index in [1.54, 1.807) is 29.4 Å². The van der Waals surface area contributed by atoms with E-state index in [0.717, 1.165) is 10.9 Å². The molecule has 1 aliphatic heterocycles. The number of carbonyl (C=O) groups is 2. The van der Waals surface area contributed by atoms with E-state index in [0.29, 0.717) is 24.3 Å². The van der Waals surface area contributed by atoms with Crippen molar-refractivity contribution in [3.05, 3.63) is 58.5 Å². The smallest absolute Gasteiger partial charge is 0.223 e. The Hall–Kier alpha value is -1.88. The number of halogens is 1. The van der Waals surface area contributed by atoms with Gasteiger partial charge < -0.3 is 9.32 Å². The van der Waals surface area contributed by atoms with Gasteiger partial charge in [-0.15, -0.1) is 0 Å². The van der Waals surface area contributed by atoms with Crippen molar-refractivity contribution in [3.8, 4) is 0 Å². The highest BCUT2D eigenvalue weighted by Crippen LogP contribution is 2.30. The minimum atomic E-state index is -0.318. The lowest BCUT2D eigenvalue weighted by Crippen LogP contribution is -2.31. The van der Waals surface area contributed by atoms with Gasteiger partial charge in [-0.1, -0.05) is 28.1 Å². The maximum Gasteiger partial charge on any atom is 0.223 e. The largest absolute Gasteiger partial charge is 0.467 e. The van der Waals surface area contributed by atoms with E-state index in [9.17, 15) is 9.59 Å². The second-order valence-corrected chi connectivity index (χ2v) is 6.27. The number of rotatable bonds is 5. The first-order valence-corrected chi connectivity index (χ1v) is 8.06. The number of furan rings is 1. The van der Waals surface area contributed by atoms with E-state index in [4.69, 9.17) is 4.42 Å². The quantitative estimate of drug-likeness (QED) is 0.756. The van der Waals surface area contributed by atoms with E-state index in [1.165, 1.54) is 0 Å². The molecule has 1 aromatic carbocycles. The molecule has 1 aromatic heterocycles. The van der Waals surface area contributed by atoms with Crippen LogP contribution in [0.15, 0.2) is 51.6 Å². The summed E-state index contributed by atoms with van der Waals surface area (Å²) in [5.74, 6) is 0.763. The number of amides is 1. The van der Waals surface area contributed by atoms with Gasteiger partial charge >= 0.3 is 0 Å². The van der Waals surface area contributed by atoms with Crippen LogP contribution in [0.5, 0.6) is 0 Å². The molecule has 0 spiro atoms. The minimum absolute atomic E-state index is 0.00796. The Labute approximate surface area is 137 Å². The molecule has 1 aliphatic rings. The zero-order chi connectivity index (χ0) is 15.5. The normalized spacial score (nSPS) is 16.0. The predicted octanol–water partition coefficient (Wildman–Crippen LogP) is 3.98. The number of hydrogen-bond donors (Lipinski definition) is 0. The highest BCUT2D eigenvalue weighted by atomic mass is 79.9. The first-order chi connectivity index (χ1) is 10.6. The third-order valence-corrected chi connectivity index (χ3v) is 4.43. The molecule has 114 valence electrons. The van der Waals surface area contributed by atoms with E-state index >= 15 is 0 Å². The number of hydrogen-bond acceptors (Lipinski definition) is 3. The minimum Gasteiger partial charge on any atom is -0.467 e. The summed E-state index contributed by atoms with van der Waals surface area (Å²) in [5.41, 5.74) is 0.645. The SMILES string of the molecule is O=C(CC(c1ccco1)N1CCCC1=O)c1ccc(Br)cc1. The zero-order valence-corrected chi connectivity index (χ0v) is 13.6. The molecule has 22 heavy (non-hydrogen) atoms. The van der Waals surface area contributed by atoms with Crippen LogP contribution in [-0.4, -0.2) is 23.1 Å². The molecule has 1 atom stereocenters. The number of Topliss-reactive ketones (excluding diaryl/α,β-unsaturated/α-hetero) is 1. The van der Waals surface area contributed by atoms with Crippen molar-refractivity contribution in [1.82, 2.24) is 4.90 Å². The highest BCUT2D eigenvalue weighted by molar-refractivity contribution is 9.10. The summed E-state index contributed by atoms with van der Waals surface area (Å²) in [7, 11) is 0. The van der Waals surface area contributed by atoms with E-state index in [-0.39, 0.29) is 24.2 Å². The van der Waals surface area contributed by atoms with Gasteiger partial charge in [0, 0.05) is 29.4 Å². The molecule has 5 heteroatoms. The first-order valence-electron chi connectivity index (χ1n) is 7.27. The lowest BCUT2D eigenvalue weighted by Gasteiger charge is -2.25. The molecule has 3 rings (SSSR count). The number of likely N-dealkylation sites (tertiary alicyclic amines) is 1. The molecule has 2 aromatic rings.